The van der Waals surface area contributed by atoms with Gasteiger partial charge in [-0.15, -0.1) is 0 Å². The minimum Gasteiger partial charge on any atom is -0.347 e. The zero-order chi connectivity index (χ0) is 35.7. The first-order valence-corrected chi connectivity index (χ1v) is 19.3. The molecule has 260 valence electrons. The van der Waals surface area contributed by atoms with Gasteiger partial charge in [-0.2, -0.15) is 0 Å². The first kappa shape index (κ1) is 34.0. The summed E-state index contributed by atoms with van der Waals surface area (Å²) in [5.41, 5.74) is 12.2. The van der Waals surface area contributed by atoms with Crippen LogP contribution in [0.1, 0.15) is 74.1 Å². The Hall–Kier alpha value is -5.14. The average Bonchev–Trinajstić information content (AvgIpc) is 3.71. The Morgan fingerprint density at radius 3 is 2.25 bits per heavy atom. The number of benzene rings is 5. The fraction of sp³-hybridized carbons (Fsp3) is 0.255. The van der Waals surface area contributed by atoms with E-state index in [0.717, 1.165) is 24.8 Å². The summed E-state index contributed by atoms with van der Waals surface area (Å²) in [5.74, 6) is 0. The fourth-order valence-corrected chi connectivity index (χ4v) is 9.70. The van der Waals surface area contributed by atoms with Crippen LogP contribution in [0.25, 0.3) is 21.5 Å². The highest BCUT2D eigenvalue weighted by Crippen LogP contribution is 2.57. The van der Waals surface area contributed by atoms with Crippen LogP contribution in [0.2, 0.25) is 0 Å². The molecule has 1 aliphatic heterocycles. The van der Waals surface area contributed by atoms with Gasteiger partial charge in [0.1, 0.15) is 0 Å². The molecule has 1 spiro atoms. The lowest BCUT2D eigenvalue weighted by Gasteiger charge is -2.36. The summed E-state index contributed by atoms with van der Waals surface area (Å²) in [6.45, 7) is 9.35. The first-order chi connectivity index (χ1) is 25.4. The molecular formula is C51H51N. The predicted molar refractivity (Wildman–Crippen MR) is 224 cm³/mol. The van der Waals surface area contributed by atoms with Crippen LogP contribution >= 0.6 is 0 Å². The summed E-state index contributed by atoms with van der Waals surface area (Å²) < 4.78 is 0. The number of rotatable bonds is 8. The van der Waals surface area contributed by atoms with Crippen molar-refractivity contribution in [3.8, 4) is 0 Å². The van der Waals surface area contributed by atoms with E-state index in [1.807, 2.05) is 0 Å². The monoisotopic (exact) mass is 677 g/mol. The Kier molecular flexibility index (Phi) is 9.22. The third kappa shape index (κ3) is 6.11. The van der Waals surface area contributed by atoms with Crippen molar-refractivity contribution < 1.29 is 0 Å². The summed E-state index contributed by atoms with van der Waals surface area (Å²) in [4.78, 5) is 2.48. The SMILES string of the molecule is C=C(/C=C/C=C1C=C(/C=C/C=C2/N(C)c3ccc4ccccc4c3C23CCCCC3)CC/1)C(C)(Cc1ccccc1)c1c(C)ccc2ccccc12. The fourth-order valence-electron chi connectivity index (χ4n) is 9.70. The quantitative estimate of drug-likeness (QED) is 0.148. The Balaban J connectivity index is 1.05. The molecular weight excluding hydrogens is 627 g/mol. The largest absolute Gasteiger partial charge is 0.347 e. The zero-order valence-corrected chi connectivity index (χ0v) is 31.2. The van der Waals surface area contributed by atoms with Crippen molar-refractivity contribution in [2.75, 3.05) is 11.9 Å². The van der Waals surface area contributed by atoms with E-state index in [2.05, 4.69) is 171 Å². The summed E-state index contributed by atoms with van der Waals surface area (Å²) in [5, 5.41) is 5.38. The number of allylic oxidation sites excluding steroid dienone is 11. The van der Waals surface area contributed by atoms with Crippen molar-refractivity contribution in [1.82, 2.24) is 0 Å². The maximum atomic E-state index is 4.73. The molecule has 0 saturated heterocycles. The highest BCUT2D eigenvalue weighted by molar-refractivity contribution is 5.95. The summed E-state index contributed by atoms with van der Waals surface area (Å²) >= 11 is 0. The average molecular weight is 678 g/mol. The van der Waals surface area contributed by atoms with Gasteiger partial charge >= 0.3 is 0 Å². The van der Waals surface area contributed by atoms with Crippen LogP contribution in [0.15, 0.2) is 175 Å². The van der Waals surface area contributed by atoms with E-state index in [1.54, 1.807) is 5.56 Å². The lowest BCUT2D eigenvalue weighted by Crippen LogP contribution is -2.32. The highest BCUT2D eigenvalue weighted by Gasteiger charge is 2.47. The Morgan fingerprint density at radius 2 is 1.46 bits per heavy atom. The van der Waals surface area contributed by atoms with Crippen LogP contribution in [-0.4, -0.2) is 7.05 Å². The van der Waals surface area contributed by atoms with Crippen LogP contribution in [-0.2, 0) is 17.3 Å². The van der Waals surface area contributed by atoms with Crippen LogP contribution < -0.4 is 4.90 Å². The Morgan fingerprint density at radius 1 is 0.769 bits per heavy atom. The Labute approximate surface area is 311 Å². The molecule has 1 heteroatoms. The third-order valence-electron chi connectivity index (χ3n) is 12.3. The van der Waals surface area contributed by atoms with Crippen LogP contribution in [0.4, 0.5) is 5.69 Å². The molecule has 1 unspecified atom stereocenters. The lowest BCUT2D eigenvalue weighted by atomic mass is 9.67. The second kappa shape index (κ2) is 14.1. The van der Waals surface area contributed by atoms with Crippen LogP contribution in [0, 0.1) is 6.92 Å². The number of aryl methyl sites for hydroxylation is 1. The van der Waals surface area contributed by atoms with Gasteiger partial charge in [-0.25, -0.2) is 0 Å². The molecule has 2 aliphatic carbocycles. The molecule has 1 saturated carbocycles. The molecule has 0 amide bonds. The van der Waals surface area contributed by atoms with Gasteiger partial charge in [-0.3, -0.25) is 0 Å². The van der Waals surface area contributed by atoms with Crippen molar-refractivity contribution in [2.45, 2.75) is 76.0 Å². The van der Waals surface area contributed by atoms with Crippen molar-refractivity contribution in [2.24, 2.45) is 0 Å². The molecule has 5 aromatic rings. The molecule has 0 radical (unpaired) electrons. The van der Waals surface area contributed by atoms with Crippen molar-refractivity contribution in [3.63, 3.8) is 0 Å². The maximum Gasteiger partial charge on any atom is 0.0454 e. The molecule has 1 nitrogen and oxygen atoms in total. The zero-order valence-electron chi connectivity index (χ0n) is 31.2. The summed E-state index contributed by atoms with van der Waals surface area (Å²) in [7, 11) is 2.28. The predicted octanol–water partition coefficient (Wildman–Crippen LogP) is 13.4. The van der Waals surface area contributed by atoms with Crippen LogP contribution in [0.3, 0.4) is 0 Å². The number of hydrogen-bond acceptors (Lipinski definition) is 1. The number of fused-ring (bicyclic) bond motifs is 5. The Bertz CT molecular complexity index is 2300. The van der Waals surface area contributed by atoms with Gasteiger partial charge in [0.15, 0.2) is 0 Å². The van der Waals surface area contributed by atoms with E-state index in [-0.39, 0.29) is 10.8 Å². The molecule has 1 fully saturated rings. The summed E-state index contributed by atoms with van der Waals surface area (Å²) in [6.07, 6.45) is 25.7. The van der Waals surface area contributed by atoms with Gasteiger partial charge in [-0.1, -0.05) is 166 Å². The molecule has 52 heavy (non-hydrogen) atoms. The smallest absolute Gasteiger partial charge is 0.0454 e. The van der Waals surface area contributed by atoms with Gasteiger partial charge in [0.05, 0.1) is 0 Å². The molecule has 3 aliphatic rings. The van der Waals surface area contributed by atoms with E-state index < -0.39 is 0 Å². The number of anilines is 1. The number of nitrogens with zero attached hydrogens (tertiary/aromatic N) is 1. The first-order valence-electron chi connectivity index (χ1n) is 19.3. The molecule has 1 heterocycles. The van der Waals surface area contributed by atoms with Crippen molar-refractivity contribution in [3.05, 3.63) is 197 Å². The third-order valence-corrected chi connectivity index (χ3v) is 12.3. The lowest BCUT2D eigenvalue weighted by molar-refractivity contribution is 0.348. The van der Waals surface area contributed by atoms with E-state index in [4.69, 9.17) is 6.58 Å². The van der Waals surface area contributed by atoms with Gasteiger partial charge in [-0.05, 0) is 112 Å². The molecule has 0 bridgehead atoms. The second-order valence-corrected chi connectivity index (χ2v) is 15.6. The van der Waals surface area contributed by atoms with Gasteiger partial charge in [0, 0.05) is 29.3 Å². The summed E-state index contributed by atoms with van der Waals surface area (Å²) in [6, 6.07) is 37.8. The van der Waals surface area contributed by atoms with E-state index in [1.165, 1.54) is 92.9 Å². The van der Waals surface area contributed by atoms with E-state index in [9.17, 15) is 0 Å². The minimum atomic E-state index is -0.261. The van der Waals surface area contributed by atoms with Gasteiger partial charge in [0.25, 0.3) is 0 Å². The standard InChI is InChI=1S/C51H51N/c1-37-27-30-42-22-9-11-24-44(42)48(37)50(3,36-41-18-7-5-8-19-41)38(2)17-15-20-39-28-29-40(35-39)21-16-26-47-51(33-13-6-14-34-51)49-45-25-12-10-23-43(45)31-32-46(49)52(47)4/h5,7-12,15-27,30-32,35H,2,6,13-14,28-29,33-34,36H2,1,3-4H3/b17-15+,21-16+,39-20+,47-26+. The molecule has 0 aromatic heterocycles. The topological polar surface area (TPSA) is 3.24 Å². The molecule has 1 atom stereocenters. The van der Waals surface area contributed by atoms with Crippen LogP contribution in [0.5, 0.6) is 0 Å². The minimum absolute atomic E-state index is 0.107. The van der Waals surface area contributed by atoms with E-state index >= 15 is 0 Å². The highest BCUT2D eigenvalue weighted by atomic mass is 15.2. The van der Waals surface area contributed by atoms with Crippen molar-refractivity contribution >= 4 is 27.2 Å². The normalized spacial score (nSPS) is 19.8. The van der Waals surface area contributed by atoms with Crippen molar-refractivity contribution in [1.29, 1.82) is 0 Å². The molecule has 0 N–H and O–H groups in total. The van der Waals surface area contributed by atoms with Gasteiger partial charge < -0.3 is 4.90 Å². The second-order valence-electron chi connectivity index (χ2n) is 15.6. The number of hydrogen-bond donors (Lipinski definition) is 0. The maximum absolute atomic E-state index is 4.73. The van der Waals surface area contributed by atoms with E-state index in [0.29, 0.717) is 0 Å². The molecule has 8 rings (SSSR count). The number of likely N-dealkylation sites (N-methyl/N-ethyl adjacent to an activating group) is 1. The van der Waals surface area contributed by atoms with Gasteiger partial charge in [0.2, 0.25) is 0 Å². The molecule has 5 aromatic carbocycles.